The third-order valence-electron chi connectivity index (χ3n) is 3.89. The number of carbonyl (C=O) groups is 1. The van der Waals surface area contributed by atoms with Gasteiger partial charge in [0.05, 0.1) is 11.2 Å². The third kappa shape index (κ3) is 4.92. The number of amides is 1. The molecule has 0 spiro atoms. The Hall–Kier alpha value is -2.16. The number of carbonyl (C=O) groups excluding carboxylic acids is 1. The molecule has 0 atom stereocenters. The van der Waals surface area contributed by atoms with Crippen LogP contribution in [0.15, 0.2) is 41.2 Å². The highest BCUT2D eigenvalue weighted by atomic mass is 32.1. The van der Waals surface area contributed by atoms with Crippen molar-refractivity contribution in [1.29, 1.82) is 0 Å². The molecule has 5 heteroatoms. The van der Waals surface area contributed by atoms with Crippen molar-refractivity contribution in [3.05, 3.63) is 52.5 Å². The number of likely N-dealkylation sites (tertiary alicyclic amines) is 1. The van der Waals surface area contributed by atoms with Crippen molar-refractivity contribution in [2.24, 2.45) is 0 Å². The molecule has 23 heavy (non-hydrogen) atoms. The van der Waals surface area contributed by atoms with Gasteiger partial charge in [-0.2, -0.15) is 0 Å². The summed E-state index contributed by atoms with van der Waals surface area (Å²) in [7, 11) is 0. The maximum atomic E-state index is 11.9. The van der Waals surface area contributed by atoms with Crippen LogP contribution in [-0.2, 0) is 11.3 Å². The fraction of sp³-hybridized carbons (Fsp3) is 0.333. The first-order valence-corrected chi connectivity index (χ1v) is 8.71. The predicted octanol–water partition coefficient (Wildman–Crippen LogP) is 2.28. The Morgan fingerprint density at radius 3 is 2.78 bits per heavy atom. The van der Waals surface area contributed by atoms with Gasteiger partial charge >= 0.3 is 0 Å². The molecular weight excluding hydrogens is 306 g/mol. The monoisotopic (exact) mass is 325 g/mol. The number of piperidine rings is 1. The summed E-state index contributed by atoms with van der Waals surface area (Å²) in [6.07, 6.45) is 1.92. The number of rotatable bonds is 3. The highest BCUT2D eigenvalue weighted by molar-refractivity contribution is 7.07. The van der Waals surface area contributed by atoms with Gasteiger partial charge in [0.2, 0.25) is 0 Å². The highest BCUT2D eigenvalue weighted by Crippen LogP contribution is 2.13. The van der Waals surface area contributed by atoms with Gasteiger partial charge in [0, 0.05) is 42.5 Å². The number of nitrogens with zero attached hydrogens (tertiary/aromatic N) is 2. The van der Waals surface area contributed by atoms with Crippen LogP contribution in [0.2, 0.25) is 0 Å². The molecule has 0 aliphatic carbocycles. The lowest BCUT2D eigenvalue weighted by atomic mass is 10.0. The van der Waals surface area contributed by atoms with Gasteiger partial charge in [-0.15, -0.1) is 11.3 Å². The first kappa shape index (κ1) is 15.7. The van der Waals surface area contributed by atoms with Gasteiger partial charge in [-0.1, -0.05) is 24.1 Å². The molecule has 2 aromatic rings. The zero-order chi connectivity index (χ0) is 15.9. The lowest BCUT2D eigenvalue weighted by Gasteiger charge is -2.31. The van der Waals surface area contributed by atoms with E-state index in [1.807, 2.05) is 35.8 Å². The average molecular weight is 325 g/mol. The van der Waals surface area contributed by atoms with Gasteiger partial charge in [0.1, 0.15) is 0 Å². The second-order valence-electron chi connectivity index (χ2n) is 5.62. The van der Waals surface area contributed by atoms with Crippen molar-refractivity contribution in [1.82, 2.24) is 15.2 Å². The van der Waals surface area contributed by atoms with E-state index < -0.39 is 0 Å². The van der Waals surface area contributed by atoms with Crippen LogP contribution in [0, 0.1) is 11.8 Å². The molecule has 1 aliphatic heterocycles. The lowest BCUT2D eigenvalue weighted by Crippen LogP contribution is -2.44. The summed E-state index contributed by atoms with van der Waals surface area (Å²) in [5, 5.41) is 5.11. The van der Waals surface area contributed by atoms with Crippen LogP contribution in [0.1, 0.15) is 24.1 Å². The Morgan fingerprint density at radius 1 is 1.30 bits per heavy atom. The van der Waals surface area contributed by atoms with Gasteiger partial charge in [-0.3, -0.25) is 9.69 Å². The van der Waals surface area contributed by atoms with E-state index in [2.05, 4.69) is 32.4 Å². The third-order valence-corrected chi connectivity index (χ3v) is 4.52. The molecule has 1 aromatic carbocycles. The average Bonchev–Trinajstić information content (AvgIpc) is 3.09. The van der Waals surface area contributed by atoms with Crippen LogP contribution in [-0.4, -0.2) is 34.9 Å². The Balaban J connectivity index is 1.43. The maximum absolute atomic E-state index is 11.9. The second kappa shape index (κ2) is 7.91. The molecule has 1 fully saturated rings. The molecule has 0 saturated carbocycles. The minimum Gasteiger partial charge on any atom is -0.342 e. The van der Waals surface area contributed by atoms with Crippen molar-refractivity contribution in [2.75, 3.05) is 13.1 Å². The molecular formula is C18H19N3OS. The normalized spacial score (nSPS) is 15.7. The highest BCUT2D eigenvalue weighted by Gasteiger charge is 2.20. The number of aromatic nitrogens is 1. The van der Waals surface area contributed by atoms with Crippen LogP contribution < -0.4 is 5.32 Å². The number of hydrogen-bond acceptors (Lipinski definition) is 4. The Kier molecular flexibility index (Phi) is 5.41. The van der Waals surface area contributed by atoms with Gasteiger partial charge < -0.3 is 5.32 Å². The first-order chi connectivity index (χ1) is 11.3. The summed E-state index contributed by atoms with van der Waals surface area (Å²) in [6.45, 7) is 2.86. The van der Waals surface area contributed by atoms with Crippen molar-refractivity contribution in [3.63, 3.8) is 0 Å². The minimum atomic E-state index is -0.188. The van der Waals surface area contributed by atoms with Crippen LogP contribution in [0.4, 0.5) is 0 Å². The van der Waals surface area contributed by atoms with Crippen molar-refractivity contribution < 1.29 is 4.79 Å². The fourth-order valence-corrected chi connectivity index (χ4v) is 3.20. The largest absolute Gasteiger partial charge is 0.342 e. The summed E-state index contributed by atoms with van der Waals surface area (Å²) in [5.41, 5.74) is 3.86. The van der Waals surface area contributed by atoms with Crippen LogP contribution in [0.25, 0.3) is 0 Å². The molecule has 4 nitrogen and oxygen atoms in total. The van der Waals surface area contributed by atoms with Crippen molar-refractivity contribution in [2.45, 2.75) is 25.4 Å². The fourth-order valence-electron chi connectivity index (χ4n) is 2.65. The topological polar surface area (TPSA) is 45.2 Å². The predicted molar refractivity (Wildman–Crippen MR) is 91.9 cm³/mol. The molecule has 0 radical (unpaired) electrons. The van der Waals surface area contributed by atoms with Gasteiger partial charge in [0.25, 0.3) is 5.91 Å². The smallest absolute Gasteiger partial charge is 0.296 e. The quantitative estimate of drug-likeness (QED) is 0.881. The summed E-state index contributed by atoms with van der Waals surface area (Å²) in [6, 6.07) is 9.79. The van der Waals surface area contributed by atoms with Gasteiger partial charge in [0.15, 0.2) is 0 Å². The molecule has 0 bridgehead atoms. The molecule has 0 unspecified atom stereocenters. The summed E-state index contributed by atoms with van der Waals surface area (Å²) < 4.78 is 0. The van der Waals surface area contributed by atoms with Crippen molar-refractivity contribution in [3.8, 4) is 11.8 Å². The van der Waals surface area contributed by atoms with Crippen molar-refractivity contribution >= 4 is 17.2 Å². The van der Waals surface area contributed by atoms with E-state index in [1.165, 1.54) is 0 Å². The molecule has 1 aliphatic rings. The molecule has 3 rings (SSSR count). The van der Waals surface area contributed by atoms with Crippen LogP contribution >= 0.6 is 11.3 Å². The van der Waals surface area contributed by atoms with Crippen LogP contribution in [0.3, 0.4) is 0 Å². The number of thiazole rings is 1. The zero-order valence-electron chi connectivity index (χ0n) is 12.9. The van der Waals surface area contributed by atoms with E-state index in [9.17, 15) is 4.79 Å². The van der Waals surface area contributed by atoms with E-state index in [-0.39, 0.29) is 11.9 Å². The number of nitrogens with one attached hydrogen (secondary N) is 1. The zero-order valence-corrected chi connectivity index (χ0v) is 13.7. The standard InChI is InChI=1S/C18H19N3OS/c22-18(7-6-15-4-2-1-3-5-15)20-16-8-10-21(11-9-16)12-17-13-23-14-19-17/h1-5,13-14,16H,8-12H2,(H,20,22). The van der Waals surface area contributed by atoms with E-state index in [0.717, 1.165) is 43.7 Å². The molecule has 2 heterocycles. The Labute approximate surface area is 140 Å². The molecule has 1 N–H and O–H groups in total. The maximum Gasteiger partial charge on any atom is 0.296 e. The van der Waals surface area contributed by atoms with Gasteiger partial charge in [-0.25, -0.2) is 4.98 Å². The first-order valence-electron chi connectivity index (χ1n) is 7.76. The van der Waals surface area contributed by atoms with E-state index >= 15 is 0 Å². The van der Waals surface area contributed by atoms with E-state index in [1.54, 1.807) is 11.3 Å². The molecule has 1 aromatic heterocycles. The summed E-state index contributed by atoms with van der Waals surface area (Å²) in [4.78, 5) is 18.6. The summed E-state index contributed by atoms with van der Waals surface area (Å²) >= 11 is 1.63. The summed E-state index contributed by atoms with van der Waals surface area (Å²) in [5.74, 6) is 5.38. The molecule has 1 amide bonds. The number of benzene rings is 1. The van der Waals surface area contributed by atoms with E-state index in [0.29, 0.717) is 0 Å². The Bertz CT molecular complexity index is 680. The van der Waals surface area contributed by atoms with Gasteiger partial charge in [-0.05, 0) is 25.0 Å². The lowest BCUT2D eigenvalue weighted by molar-refractivity contribution is -0.116. The SMILES string of the molecule is O=C(C#Cc1ccccc1)NC1CCN(Cc2cscn2)CC1. The van der Waals surface area contributed by atoms with Crippen LogP contribution in [0.5, 0.6) is 0 Å². The minimum absolute atomic E-state index is 0.188. The molecule has 118 valence electrons. The molecule has 1 saturated heterocycles. The number of hydrogen-bond donors (Lipinski definition) is 1. The Morgan fingerprint density at radius 2 is 2.09 bits per heavy atom. The second-order valence-corrected chi connectivity index (χ2v) is 6.34. The van der Waals surface area contributed by atoms with E-state index in [4.69, 9.17) is 0 Å².